The summed E-state index contributed by atoms with van der Waals surface area (Å²) in [5, 5.41) is 6.10. The molecule has 5 rings (SSSR count). The van der Waals surface area contributed by atoms with Gasteiger partial charge in [-0.2, -0.15) is 4.99 Å². The van der Waals surface area contributed by atoms with E-state index in [2.05, 4.69) is 15.6 Å². The lowest BCUT2D eigenvalue weighted by Gasteiger charge is -2.31. The third-order valence-corrected chi connectivity index (χ3v) is 7.29. The quantitative estimate of drug-likeness (QED) is 0.405. The molecule has 0 bridgehead atoms. The average Bonchev–Trinajstić information content (AvgIpc) is 3.30. The van der Waals surface area contributed by atoms with Crippen LogP contribution in [0, 0.1) is 5.82 Å². The number of carbonyl (C=O) groups is 3. The number of ether oxygens (including phenoxy) is 1. The molecular weight excluding hydrogens is 533 g/mol. The number of halogens is 1. The summed E-state index contributed by atoms with van der Waals surface area (Å²) in [6.07, 6.45) is 0.283. The minimum Gasteiger partial charge on any atom is -0.497 e. The van der Waals surface area contributed by atoms with Crippen LogP contribution in [0.4, 0.5) is 15.8 Å². The molecule has 0 fully saturated rings. The van der Waals surface area contributed by atoms with Crippen molar-refractivity contribution < 1.29 is 23.5 Å². The number of rotatable bonds is 9. The minimum absolute atomic E-state index is 0.0427. The van der Waals surface area contributed by atoms with E-state index < -0.39 is 6.04 Å². The normalized spacial score (nSPS) is 15.5. The van der Waals surface area contributed by atoms with Gasteiger partial charge in [0, 0.05) is 30.3 Å². The van der Waals surface area contributed by atoms with Gasteiger partial charge in [0.2, 0.25) is 11.8 Å². The maximum Gasteiger partial charge on any atom is 0.270 e. The number of carbonyl (C=O) groups excluding carboxylic acids is 3. The highest BCUT2D eigenvalue weighted by Gasteiger charge is 2.41. The summed E-state index contributed by atoms with van der Waals surface area (Å²) < 4.78 is 18.3. The third kappa shape index (κ3) is 6.20. The highest BCUT2D eigenvalue weighted by molar-refractivity contribution is 8.14. The molecule has 2 N–H and O–H groups in total. The van der Waals surface area contributed by atoms with Crippen LogP contribution in [0.1, 0.15) is 24.0 Å². The van der Waals surface area contributed by atoms with Crippen molar-refractivity contribution in [3.05, 3.63) is 89.7 Å². The van der Waals surface area contributed by atoms with Crippen molar-refractivity contribution in [1.29, 1.82) is 0 Å². The third-order valence-electron chi connectivity index (χ3n) is 6.34. The summed E-state index contributed by atoms with van der Waals surface area (Å²) in [6, 6.07) is 19.5. The van der Waals surface area contributed by atoms with Gasteiger partial charge in [-0.1, -0.05) is 42.1 Å². The van der Waals surface area contributed by atoms with Crippen molar-refractivity contribution in [2.24, 2.45) is 9.98 Å². The van der Waals surface area contributed by atoms with E-state index >= 15 is 0 Å². The number of benzene rings is 3. The molecule has 11 heteroatoms. The molecule has 0 radical (unpaired) electrons. The number of amidine groups is 2. The largest absolute Gasteiger partial charge is 0.497 e. The lowest BCUT2D eigenvalue weighted by atomic mass is 10.1. The summed E-state index contributed by atoms with van der Waals surface area (Å²) in [7, 11) is 1.55. The van der Waals surface area contributed by atoms with E-state index in [1.165, 1.54) is 23.9 Å². The molecule has 1 atom stereocenters. The topological polar surface area (TPSA) is 112 Å². The van der Waals surface area contributed by atoms with Gasteiger partial charge in [0.15, 0.2) is 5.17 Å². The first-order valence-electron chi connectivity index (χ1n) is 12.6. The Bertz CT molecular complexity index is 1510. The van der Waals surface area contributed by atoms with Gasteiger partial charge in [-0.15, -0.1) is 0 Å². The zero-order valence-electron chi connectivity index (χ0n) is 21.6. The number of hydrogen-bond acceptors (Lipinski definition) is 7. The average molecular weight is 560 g/mol. The molecule has 0 saturated carbocycles. The number of amides is 3. The molecule has 0 saturated heterocycles. The van der Waals surface area contributed by atoms with Crippen LogP contribution in [0.2, 0.25) is 0 Å². The molecule has 2 aliphatic heterocycles. The predicted molar refractivity (Wildman–Crippen MR) is 152 cm³/mol. The van der Waals surface area contributed by atoms with Gasteiger partial charge < -0.3 is 15.4 Å². The maximum atomic E-state index is 13.1. The first kappa shape index (κ1) is 27.1. The minimum atomic E-state index is -0.729. The molecule has 0 aliphatic carbocycles. The number of anilines is 1. The second-order valence-electron chi connectivity index (χ2n) is 9.08. The van der Waals surface area contributed by atoms with Crippen LogP contribution >= 0.6 is 11.8 Å². The summed E-state index contributed by atoms with van der Waals surface area (Å²) in [5.74, 6) is -0.0785. The Hall–Kier alpha value is -4.51. The molecule has 3 amide bonds. The van der Waals surface area contributed by atoms with Crippen LogP contribution in [-0.2, 0) is 20.9 Å². The molecule has 3 aromatic rings. The Balaban J connectivity index is 1.26. The van der Waals surface area contributed by atoms with E-state index in [4.69, 9.17) is 9.73 Å². The van der Waals surface area contributed by atoms with Crippen molar-refractivity contribution in [3.63, 3.8) is 0 Å². The number of nitrogens with zero attached hydrogens (tertiary/aromatic N) is 3. The number of hydrogen-bond donors (Lipinski definition) is 2. The van der Waals surface area contributed by atoms with Gasteiger partial charge in [0.1, 0.15) is 23.4 Å². The summed E-state index contributed by atoms with van der Waals surface area (Å²) in [4.78, 5) is 49.1. The molecule has 204 valence electrons. The van der Waals surface area contributed by atoms with E-state index in [1.54, 1.807) is 48.4 Å². The van der Waals surface area contributed by atoms with Gasteiger partial charge in [0.25, 0.3) is 5.91 Å². The van der Waals surface area contributed by atoms with Crippen molar-refractivity contribution in [2.75, 3.05) is 18.2 Å². The fourth-order valence-electron chi connectivity index (χ4n) is 4.36. The smallest absolute Gasteiger partial charge is 0.270 e. The van der Waals surface area contributed by atoms with Crippen molar-refractivity contribution >= 4 is 51.9 Å². The van der Waals surface area contributed by atoms with E-state index in [0.29, 0.717) is 33.7 Å². The molecule has 2 aliphatic rings. The van der Waals surface area contributed by atoms with Crippen LogP contribution in [-0.4, -0.2) is 52.5 Å². The van der Waals surface area contributed by atoms with Crippen LogP contribution in [0.15, 0.2) is 82.8 Å². The zero-order chi connectivity index (χ0) is 28.1. The van der Waals surface area contributed by atoms with Crippen LogP contribution in [0.5, 0.6) is 5.75 Å². The van der Waals surface area contributed by atoms with Gasteiger partial charge in [-0.25, -0.2) is 9.38 Å². The highest BCUT2D eigenvalue weighted by atomic mass is 32.2. The number of nitrogens with one attached hydrogen (secondary N) is 2. The molecule has 1 unspecified atom stereocenters. The van der Waals surface area contributed by atoms with Crippen molar-refractivity contribution in [1.82, 2.24) is 10.2 Å². The second-order valence-corrected chi connectivity index (χ2v) is 10.0. The van der Waals surface area contributed by atoms with Crippen molar-refractivity contribution in [2.45, 2.75) is 25.4 Å². The Morgan fingerprint density at radius 3 is 2.62 bits per heavy atom. The lowest BCUT2D eigenvalue weighted by Crippen LogP contribution is -2.44. The number of aliphatic imine (C=N–C) groups is 2. The number of thioether (sulfide) groups is 1. The molecule has 3 aromatic carbocycles. The maximum absolute atomic E-state index is 13.1. The Kier molecular flexibility index (Phi) is 8.20. The fraction of sp³-hybridized carbons (Fsp3) is 0.207. The number of para-hydroxylation sites is 1. The van der Waals surface area contributed by atoms with Crippen LogP contribution < -0.4 is 15.4 Å². The standard InChI is InChI=1S/C29H26FN5O4S/c1-39-21-6-4-5-20(15-21)32-26(37)17-40-29-33-23-8-3-2-7-22(23)27-34-28(38)24(35(27)29)13-14-25(36)31-16-18-9-11-19(30)12-10-18/h2-12,15,24H,13-14,16-17H2,1H3,(H,31,36)(H,32,37). The van der Waals surface area contributed by atoms with Crippen molar-refractivity contribution in [3.8, 4) is 5.75 Å². The monoisotopic (exact) mass is 559 g/mol. The number of fused-ring (bicyclic) bond motifs is 3. The molecule has 0 aromatic heterocycles. The summed E-state index contributed by atoms with van der Waals surface area (Å²) in [6.45, 7) is 0.252. The Morgan fingerprint density at radius 2 is 1.82 bits per heavy atom. The van der Waals surface area contributed by atoms with Gasteiger partial charge in [0.05, 0.1) is 18.6 Å². The lowest BCUT2D eigenvalue weighted by molar-refractivity contribution is -0.122. The first-order valence-corrected chi connectivity index (χ1v) is 13.6. The molecule has 0 spiro atoms. The van der Waals surface area contributed by atoms with Gasteiger partial charge in [-0.05, 0) is 48.4 Å². The number of methoxy groups -OCH3 is 1. The molecule has 40 heavy (non-hydrogen) atoms. The molecular formula is C29H26FN5O4S. The van der Waals surface area contributed by atoms with Crippen LogP contribution in [0.3, 0.4) is 0 Å². The first-order chi connectivity index (χ1) is 19.4. The van der Waals surface area contributed by atoms with Gasteiger partial charge in [-0.3, -0.25) is 19.3 Å². The summed E-state index contributed by atoms with van der Waals surface area (Å²) in [5.41, 5.74) is 2.73. The zero-order valence-corrected chi connectivity index (χ0v) is 22.4. The van der Waals surface area contributed by atoms with Gasteiger partial charge >= 0.3 is 0 Å². The molecule has 2 heterocycles. The predicted octanol–water partition coefficient (Wildman–Crippen LogP) is 4.26. The van der Waals surface area contributed by atoms with Crippen LogP contribution in [0.25, 0.3) is 0 Å². The summed E-state index contributed by atoms with van der Waals surface area (Å²) >= 11 is 1.19. The van der Waals surface area contributed by atoms with E-state index in [1.807, 2.05) is 24.3 Å². The fourth-order valence-corrected chi connectivity index (χ4v) is 5.21. The Morgan fingerprint density at radius 1 is 1.02 bits per heavy atom. The van der Waals surface area contributed by atoms with E-state index in [0.717, 1.165) is 5.56 Å². The Labute approximate surface area is 234 Å². The second kappa shape index (κ2) is 12.1. The highest BCUT2D eigenvalue weighted by Crippen LogP contribution is 2.35. The SMILES string of the molecule is COc1cccc(NC(=O)CSC2=Nc3ccccc3C3=NC(=O)C(CCC(=O)NCc4ccc(F)cc4)N23)c1. The van der Waals surface area contributed by atoms with E-state index in [-0.39, 0.29) is 48.7 Å². The van der Waals surface area contributed by atoms with E-state index in [9.17, 15) is 18.8 Å². The molecule has 9 nitrogen and oxygen atoms in total.